The highest BCUT2D eigenvalue weighted by atomic mass is 35.5. The molecule has 0 unspecified atom stereocenters. The number of nitrogens with two attached hydrogens (primary N) is 1. The molecule has 0 heterocycles. The first-order chi connectivity index (χ1) is 11.3. The molecule has 0 spiro atoms. The van der Waals surface area contributed by atoms with Gasteiger partial charge in [-0.05, 0) is 37.3 Å². The van der Waals surface area contributed by atoms with Gasteiger partial charge in [0.05, 0.1) is 10.6 Å². The minimum Gasteiger partial charge on any atom is -0.490 e. The second kappa shape index (κ2) is 7.65. The van der Waals surface area contributed by atoms with E-state index in [2.05, 4.69) is 0 Å². The van der Waals surface area contributed by atoms with Crippen LogP contribution >= 0.6 is 11.6 Å². The maximum atomic E-state index is 11.9. The Balaban J connectivity index is 1.92. The van der Waals surface area contributed by atoms with Crippen molar-refractivity contribution in [2.45, 2.75) is 11.8 Å². The number of carbonyl (C=O) groups excluding carboxylic acids is 1. The standard InChI is InChI=1S/C16H16ClNO5S/c1-11-2-5-13(6-3-11)22-8-9-23-16(19)12-4-7-14(17)15(10-12)24(18,20)21/h2-7,10H,8-9H2,1H3,(H2,18,20,21). The lowest BCUT2D eigenvalue weighted by atomic mass is 10.2. The van der Waals surface area contributed by atoms with Crippen LogP contribution in [0.1, 0.15) is 15.9 Å². The summed E-state index contributed by atoms with van der Waals surface area (Å²) >= 11 is 5.76. The molecule has 6 nitrogen and oxygen atoms in total. The van der Waals surface area contributed by atoms with Crippen molar-refractivity contribution in [2.75, 3.05) is 13.2 Å². The monoisotopic (exact) mass is 369 g/mol. The molecule has 128 valence electrons. The number of rotatable bonds is 6. The molecular weight excluding hydrogens is 354 g/mol. The van der Waals surface area contributed by atoms with Crippen LogP contribution in [0.25, 0.3) is 0 Å². The molecule has 0 aliphatic rings. The van der Waals surface area contributed by atoms with Crippen LogP contribution in [0.4, 0.5) is 0 Å². The molecule has 0 fully saturated rings. The van der Waals surface area contributed by atoms with Crippen molar-refractivity contribution in [3.63, 3.8) is 0 Å². The van der Waals surface area contributed by atoms with E-state index in [4.69, 9.17) is 26.2 Å². The van der Waals surface area contributed by atoms with Gasteiger partial charge in [-0.15, -0.1) is 0 Å². The summed E-state index contributed by atoms with van der Waals surface area (Å²) in [4.78, 5) is 11.6. The largest absolute Gasteiger partial charge is 0.490 e. The van der Waals surface area contributed by atoms with E-state index in [9.17, 15) is 13.2 Å². The number of esters is 1. The molecule has 0 saturated heterocycles. The third-order valence-electron chi connectivity index (χ3n) is 3.08. The average Bonchev–Trinajstić information content (AvgIpc) is 2.52. The fourth-order valence-corrected chi connectivity index (χ4v) is 2.93. The number of ether oxygens (including phenoxy) is 2. The molecule has 0 atom stereocenters. The predicted molar refractivity (Wildman–Crippen MR) is 89.8 cm³/mol. The molecular formula is C16H16ClNO5S. The van der Waals surface area contributed by atoms with Gasteiger partial charge >= 0.3 is 5.97 Å². The number of halogens is 1. The second-order valence-corrected chi connectivity index (χ2v) is 6.92. The van der Waals surface area contributed by atoms with Crippen LogP contribution in [0.3, 0.4) is 0 Å². The summed E-state index contributed by atoms with van der Waals surface area (Å²) in [5.74, 6) is -0.0243. The van der Waals surface area contributed by atoms with Crippen LogP contribution in [0.2, 0.25) is 5.02 Å². The molecule has 0 bridgehead atoms. The van der Waals surface area contributed by atoms with Crippen molar-refractivity contribution in [3.8, 4) is 5.75 Å². The molecule has 0 aliphatic carbocycles. The summed E-state index contributed by atoms with van der Waals surface area (Å²) in [5.41, 5.74) is 1.15. The van der Waals surface area contributed by atoms with Crippen molar-refractivity contribution >= 4 is 27.6 Å². The first-order valence-electron chi connectivity index (χ1n) is 6.96. The van der Waals surface area contributed by atoms with Crippen LogP contribution in [0.15, 0.2) is 47.4 Å². The molecule has 2 aromatic rings. The van der Waals surface area contributed by atoms with E-state index in [1.807, 2.05) is 31.2 Å². The highest BCUT2D eigenvalue weighted by Gasteiger charge is 2.17. The first-order valence-corrected chi connectivity index (χ1v) is 8.89. The summed E-state index contributed by atoms with van der Waals surface area (Å²) in [6.07, 6.45) is 0. The lowest BCUT2D eigenvalue weighted by molar-refractivity contribution is 0.0450. The minimum absolute atomic E-state index is 0.0139. The van der Waals surface area contributed by atoms with Crippen LogP contribution in [0.5, 0.6) is 5.75 Å². The zero-order valence-corrected chi connectivity index (χ0v) is 14.4. The Morgan fingerprint density at radius 3 is 2.42 bits per heavy atom. The molecule has 0 saturated carbocycles. The van der Waals surface area contributed by atoms with Gasteiger partial charge in [0.2, 0.25) is 10.0 Å². The number of hydrogen-bond donors (Lipinski definition) is 1. The second-order valence-electron chi connectivity index (χ2n) is 4.99. The third-order valence-corrected chi connectivity index (χ3v) is 4.47. The molecule has 2 aromatic carbocycles. The lowest BCUT2D eigenvalue weighted by Gasteiger charge is -2.09. The topological polar surface area (TPSA) is 95.7 Å². The van der Waals surface area contributed by atoms with Crippen molar-refractivity contribution in [1.82, 2.24) is 0 Å². The molecule has 0 amide bonds. The number of primary sulfonamides is 1. The molecule has 24 heavy (non-hydrogen) atoms. The van der Waals surface area contributed by atoms with Crippen LogP contribution in [0, 0.1) is 6.92 Å². The number of aryl methyl sites for hydroxylation is 1. The summed E-state index contributed by atoms with van der Waals surface area (Å²) in [5, 5.41) is 4.98. The molecule has 0 radical (unpaired) electrons. The van der Waals surface area contributed by atoms with Gasteiger partial charge in [0.15, 0.2) is 0 Å². The van der Waals surface area contributed by atoms with Crippen molar-refractivity contribution in [2.24, 2.45) is 5.14 Å². The molecule has 2 N–H and O–H groups in total. The molecule has 0 aliphatic heterocycles. The Bertz CT molecular complexity index is 834. The molecule has 0 aromatic heterocycles. The molecule has 2 rings (SSSR count). The first kappa shape index (κ1) is 18.3. The van der Waals surface area contributed by atoms with E-state index < -0.39 is 16.0 Å². The quantitative estimate of drug-likeness (QED) is 0.623. The highest BCUT2D eigenvalue weighted by molar-refractivity contribution is 7.89. The van der Waals surface area contributed by atoms with Gasteiger partial charge in [0, 0.05) is 0 Å². The maximum Gasteiger partial charge on any atom is 0.338 e. The summed E-state index contributed by atoms with van der Waals surface area (Å²) < 4.78 is 33.3. The average molecular weight is 370 g/mol. The zero-order valence-electron chi connectivity index (χ0n) is 12.9. The van der Waals surface area contributed by atoms with Crippen LogP contribution < -0.4 is 9.88 Å². The van der Waals surface area contributed by atoms with Gasteiger partial charge in [0.1, 0.15) is 23.9 Å². The Morgan fingerprint density at radius 2 is 1.79 bits per heavy atom. The van der Waals surface area contributed by atoms with Crippen LogP contribution in [-0.4, -0.2) is 27.6 Å². The van der Waals surface area contributed by atoms with Gasteiger partial charge in [-0.3, -0.25) is 0 Å². The number of benzene rings is 2. The Kier molecular flexibility index (Phi) is 5.82. The van der Waals surface area contributed by atoms with E-state index in [0.29, 0.717) is 5.75 Å². The van der Waals surface area contributed by atoms with E-state index in [1.165, 1.54) is 12.1 Å². The van der Waals surface area contributed by atoms with E-state index >= 15 is 0 Å². The number of carbonyl (C=O) groups is 1. The predicted octanol–water partition coefficient (Wildman–Crippen LogP) is 2.53. The van der Waals surface area contributed by atoms with Crippen molar-refractivity contribution < 1.29 is 22.7 Å². The Morgan fingerprint density at radius 1 is 1.12 bits per heavy atom. The highest BCUT2D eigenvalue weighted by Crippen LogP contribution is 2.21. The normalized spacial score (nSPS) is 11.1. The van der Waals surface area contributed by atoms with E-state index in [0.717, 1.165) is 11.6 Å². The Labute approximate surface area is 145 Å². The van der Waals surface area contributed by atoms with Gasteiger partial charge < -0.3 is 9.47 Å². The smallest absolute Gasteiger partial charge is 0.338 e. The third kappa shape index (κ3) is 4.95. The fourth-order valence-electron chi connectivity index (χ4n) is 1.86. The number of sulfonamides is 1. The van der Waals surface area contributed by atoms with Gasteiger partial charge in [0.25, 0.3) is 0 Å². The minimum atomic E-state index is -4.02. The Hall–Kier alpha value is -2.09. The maximum absolute atomic E-state index is 11.9. The van der Waals surface area contributed by atoms with Gasteiger partial charge in [-0.25, -0.2) is 18.4 Å². The van der Waals surface area contributed by atoms with Crippen molar-refractivity contribution in [3.05, 3.63) is 58.6 Å². The summed E-state index contributed by atoms with van der Waals surface area (Å²) in [6, 6.07) is 11.2. The van der Waals surface area contributed by atoms with Gasteiger partial charge in [-0.1, -0.05) is 29.3 Å². The summed E-state index contributed by atoms with van der Waals surface area (Å²) in [6.45, 7) is 2.15. The fraction of sp³-hybridized carbons (Fsp3) is 0.188. The van der Waals surface area contributed by atoms with E-state index in [-0.39, 0.29) is 28.7 Å². The van der Waals surface area contributed by atoms with Crippen molar-refractivity contribution in [1.29, 1.82) is 0 Å². The lowest BCUT2D eigenvalue weighted by Crippen LogP contribution is -2.15. The summed E-state index contributed by atoms with van der Waals surface area (Å²) in [7, 11) is -4.02. The number of hydrogen-bond acceptors (Lipinski definition) is 5. The SMILES string of the molecule is Cc1ccc(OCCOC(=O)c2ccc(Cl)c(S(N)(=O)=O)c2)cc1. The van der Waals surface area contributed by atoms with Crippen LogP contribution in [-0.2, 0) is 14.8 Å². The van der Waals surface area contributed by atoms with Gasteiger partial charge in [-0.2, -0.15) is 0 Å². The molecule has 8 heteroatoms. The van der Waals surface area contributed by atoms with E-state index in [1.54, 1.807) is 0 Å². The zero-order chi connectivity index (χ0) is 17.7.